The van der Waals surface area contributed by atoms with E-state index in [0.29, 0.717) is 35.5 Å². The molecule has 0 spiro atoms. The van der Waals surface area contributed by atoms with Crippen LogP contribution in [0.25, 0.3) is 10.9 Å². The molecule has 0 atom stereocenters. The van der Waals surface area contributed by atoms with Gasteiger partial charge >= 0.3 is 12.1 Å². The Morgan fingerprint density at radius 3 is 2.65 bits per heavy atom. The van der Waals surface area contributed by atoms with Gasteiger partial charge in [-0.15, -0.1) is 0 Å². The van der Waals surface area contributed by atoms with Crippen LogP contribution in [-0.2, 0) is 20.5 Å². The molecule has 0 unspecified atom stereocenters. The smallest absolute Gasteiger partial charge is 0.416 e. The molecule has 0 aliphatic carbocycles. The third kappa shape index (κ3) is 7.64. The molecule has 12 heteroatoms. The number of nitrogens with zero attached hydrogens (tertiary/aromatic N) is 3. The number of aromatic nitrogens is 2. The van der Waals surface area contributed by atoms with Gasteiger partial charge in [0, 0.05) is 29.8 Å². The van der Waals surface area contributed by atoms with Gasteiger partial charge in [0.25, 0.3) is 0 Å². The average Bonchev–Trinajstić information content (AvgIpc) is 2.83. The van der Waals surface area contributed by atoms with E-state index in [4.69, 9.17) is 9.47 Å². The summed E-state index contributed by atoms with van der Waals surface area (Å²) in [7, 11) is 3.14. The van der Waals surface area contributed by atoms with Crippen molar-refractivity contribution in [1.29, 1.82) is 0 Å². The van der Waals surface area contributed by atoms with Crippen molar-refractivity contribution in [3.8, 4) is 5.75 Å². The summed E-state index contributed by atoms with van der Waals surface area (Å²) in [6, 6.07) is 7.89. The van der Waals surface area contributed by atoms with Crippen molar-refractivity contribution >= 4 is 40.0 Å². The lowest BCUT2D eigenvalue weighted by Gasteiger charge is -2.14. The summed E-state index contributed by atoms with van der Waals surface area (Å²) >= 11 is 0. The van der Waals surface area contributed by atoms with Crippen LogP contribution in [0.4, 0.5) is 30.4 Å². The number of likely N-dealkylation sites (N-methyl/N-ethyl adjacent to an activating group) is 1. The zero-order valence-corrected chi connectivity index (χ0v) is 20.4. The summed E-state index contributed by atoms with van der Waals surface area (Å²) in [6.45, 7) is 2.43. The fourth-order valence-corrected chi connectivity index (χ4v) is 3.37. The highest BCUT2D eigenvalue weighted by Gasteiger charge is 2.30. The fraction of sp³-hybridized carbons (Fsp3) is 0.280. The molecule has 37 heavy (non-hydrogen) atoms. The maximum Gasteiger partial charge on any atom is 0.416 e. The molecule has 3 rings (SSSR count). The molecule has 1 aromatic heterocycles. The summed E-state index contributed by atoms with van der Waals surface area (Å²) in [5.74, 6) is -0.233. The normalized spacial score (nSPS) is 11.6. The van der Waals surface area contributed by atoms with Crippen molar-refractivity contribution in [2.24, 2.45) is 0 Å². The van der Waals surface area contributed by atoms with Crippen LogP contribution >= 0.6 is 0 Å². The van der Waals surface area contributed by atoms with Gasteiger partial charge in [0.1, 0.15) is 17.9 Å². The predicted octanol–water partition coefficient (Wildman–Crippen LogP) is 4.39. The van der Waals surface area contributed by atoms with Gasteiger partial charge < -0.3 is 20.1 Å². The Kier molecular flexibility index (Phi) is 9.01. The van der Waals surface area contributed by atoms with E-state index in [1.807, 2.05) is 0 Å². The molecule has 3 aromatic rings. The monoisotopic (exact) mass is 517 g/mol. The topological polar surface area (TPSA) is 106 Å². The van der Waals surface area contributed by atoms with Gasteiger partial charge in [-0.05, 0) is 38.2 Å². The minimum absolute atomic E-state index is 0.0833. The molecule has 0 aliphatic heterocycles. The molecule has 2 aromatic carbocycles. The first-order valence-corrected chi connectivity index (χ1v) is 11.2. The Hall–Kier alpha value is -4.19. The Bertz CT molecular complexity index is 1300. The number of amides is 1. The number of halogens is 3. The standard InChI is InChI=1S/C25H26F3N5O4/c1-4-37-23(35)14-33(2)10-6-9-22(34)32-20-12-18-19(13-21(20)36-3)29-15-30-24(18)31-17-8-5-7-16(11-17)25(26,27)28/h5-9,11-13,15H,4,10,14H2,1-3H3,(H,32,34)(H,29,30,31)/b9-6+. The van der Waals surface area contributed by atoms with Crippen molar-refractivity contribution in [1.82, 2.24) is 14.9 Å². The highest BCUT2D eigenvalue weighted by atomic mass is 19.4. The number of hydrogen-bond donors (Lipinski definition) is 2. The Morgan fingerprint density at radius 2 is 1.95 bits per heavy atom. The number of rotatable bonds is 10. The first-order chi connectivity index (χ1) is 17.6. The maximum atomic E-state index is 13.1. The van der Waals surface area contributed by atoms with Crippen LogP contribution in [0.2, 0.25) is 0 Å². The molecular formula is C25H26F3N5O4. The Labute approximate surface area is 211 Å². The number of esters is 1. The van der Waals surface area contributed by atoms with Gasteiger partial charge in [-0.25, -0.2) is 9.97 Å². The number of anilines is 3. The fourth-order valence-electron chi connectivity index (χ4n) is 3.37. The van der Waals surface area contributed by atoms with Crippen molar-refractivity contribution in [3.63, 3.8) is 0 Å². The summed E-state index contributed by atoms with van der Waals surface area (Å²) in [5, 5.41) is 6.06. The zero-order chi connectivity index (χ0) is 27.0. The average molecular weight is 518 g/mol. The van der Waals surface area contributed by atoms with Gasteiger partial charge in [0.15, 0.2) is 0 Å². The SMILES string of the molecule is CCOC(=O)CN(C)C/C=C/C(=O)Nc1cc2c(Nc3cccc(C(F)(F)F)c3)ncnc2cc1OC. The largest absolute Gasteiger partial charge is 0.494 e. The third-order valence-electron chi connectivity index (χ3n) is 5.06. The number of carbonyl (C=O) groups excluding carboxylic acids is 2. The third-order valence-corrected chi connectivity index (χ3v) is 5.06. The van der Waals surface area contributed by atoms with Crippen molar-refractivity contribution < 1.29 is 32.2 Å². The summed E-state index contributed by atoms with van der Waals surface area (Å²) in [6.07, 6.45) is -0.316. The van der Waals surface area contributed by atoms with E-state index >= 15 is 0 Å². The molecule has 0 saturated carbocycles. The second kappa shape index (κ2) is 12.2. The molecule has 0 saturated heterocycles. The molecule has 1 amide bonds. The van der Waals surface area contributed by atoms with E-state index in [9.17, 15) is 22.8 Å². The van der Waals surface area contributed by atoms with E-state index < -0.39 is 17.6 Å². The molecule has 0 radical (unpaired) electrons. The number of benzene rings is 2. The molecule has 1 heterocycles. The van der Waals surface area contributed by atoms with Crippen LogP contribution in [0.3, 0.4) is 0 Å². The van der Waals surface area contributed by atoms with Crippen LogP contribution in [0, 0.1) is 0 Å². The number of ether oxygens (including phenoxy) is 2. The van der Waals surface area contributed by atoms with Gasteiger partial charge in [0.05, 0.1) is 37.0 Å². The second-order valence-electron chi connectivity index (χ2n) is 7.89. The minimum Gasteiger partial charge on any atom is -0.494 e. The quantitative estimate of drug-likeness (QED) is 0.301. The predicted molar refractivity (Wildman–Crippen MR) is 133 cm³/mol. The summed E-state index contributed by atoms with van der Waals surface area (Å²) < 4.78 is 49.6. The van der Waals surface area contributed by atoms with Gasteiger partial charge in [-0.2, -0.15) is 13.2 Å². The first-order valence-electron chi connectivity index (χ1n) is 11.2. The molecule has 0 fully saturated rings. The van der Waals surface area contributed by atoms with Crippen LogP contribution in [0.1, 0.15) is 12.5 Å². The van der Waals surface area contributed by atoms with Crippen molar-refractivity contribution in [2.75, 3.05) is 44.5 Å². The van der Waals surface area contributed by atoms with E-state index in [-0.39, 0.29) is 24.0 Å². The lowest BCUT2D eigenvalue weighted by atomic mass is 10.1. The molecule has 2 N–H and O–H groups in total. The molecule has 0 aliphatic rings. The van der Waals surface area contributed by atoms with Crippen molar-refractivity contribution in [2.45, 2.75) is 13.1 Å². The van der Waals surface area contributed by atoms with E-state index in [2.05, 4.69) is 20.6 Å². The van der Waals surface area contributed by atoms with Crippen LogP contribution < -0.4 is 15.4 Å². The number of alkyl halides is 3. The van der Waals surface area contributed by atoms with Crippen LogP contribution in [0.15, 0.2) is 54.9 Å². The van der Waals surface area contributed by atoms with Crippen LogP contribution in [0.5, 0.6) is 5.75 Å². The minimum atomic E-state index is -4.49. The van der Waals surface area contributed by atoms with Gasteiger partial charge in [-0.1, -0.05) is 12.1 Å². The Morgan fingerprint density at radius 1 is 1.16 bits per heavy atom. The number of nitrogens with one attached hydrogen (secondary N) is 2. The summed E-state index contributed by atoms with van der Waals surface area (Å²) in [4.78, 5) is 34.1. The second-order valence-corrected chi connectivity index (χ2v) is 7.89. The highest BCUT2D eigenvalue weighted by Crippen LogP contribution is 2.34. The lowest BCUT2D eigenvalue weighted by molar-refractivity contribution is -0.144. The van der Waals surface area contributed by atoms with Crippen molar-refractivity contribution in [3.05, 3.63) is 60.4 Å². The molecule has 9 nitrogen and oxygen atoms in total. The Balaban J connectivity index is 1.79. The maximum absolute atomic E-state index is 13.1. The van der Waals surface area contributed by atoms with Gasteiger partial charge in [0.2, 0.25) is 5.91 Å². The van der Waals surface area contributed by atoms with Crippen LogP contribution in [-0.4, -0.2) is 60.6 Å². The van der Waals surface area contributed by atoms with E-state index in [0.717, 1.165) is 12.1 Å². The van der Waals surface area contributed by atoms with Gasteiger partial charge in [-0.3, -0.25) is 14.5 Å². The molecule has 196 valence electrons. The lowest BCUT2D eigenvalue weighted by Crippen LogP contribution is -2.27. The molecular weight excluding hydrogens is 491 g/mol. The van der Waals surface area contributed by atoms with E-state index in [1.54, 1.807) is 37.1 Å². The number of carbonyl (C=O) groups is 2. The summed E-state index contributed by atoms with van der Waals surface area (Å²) in [5.41, 5.74) is 0.151. The van der Waals surface area contributed by atoms with E-state index in [1.165, 1.54) is 31.6 Å². The molecule has 0 bridgehead atoms. The highest BCUT2D eigenvalue weighted by molar-refractivity contribution is 6.03. The number of fused-ring (bicyclic) bond motifs is 1. The number of hydrogen-bond acceptors (Lipinski definition) is 8. The first kappa shape index (κ1) is 27.4. The zero-order valence-electron chi connectivity index (χ0n) is 20.4. The number of methoxy groups -OCH3 is 1.